The second kappa shape index (κ2) is 13.1. The Balaban J connectivity index is 0.000000483. The zero-order valence-corrected chi connectivity index (χ0v) is 15.2. The van der Waals surface area contributed by atoms with Crippen molar-refractivity contribution in [3.8, 4) is 0 Å². The van der Waals surface area contributed by atoms with Gasteiger partial charge in [-0.1, -0.05) is 24.3 Å². The molecule has 0 bridgehead atoms. The molecule has 144 valence electrons. The first-order valence-corrected chi connectivity index (χ1v) is 7.49. The summed E-state index contributed by atoms with van der Waals surface area (Å²) in [4.78, 5) is 42.4. The maximum absolute atomic E-state index is 11.1. The van der Waals surface area contributed by atoms with Gasteiger partial charge in [0, 0.05) is 40.6 Å². The van der Waals surface area contributed by atoms with Crippen molar-refractivity contribution in [1.82, 2.24) is 10.6 Å². The van der Waals surface area contributed by atoms with E-state index in [1.807, 2.05) is 0 Å². The summed E-state index contributed by atoms with van der Waals surface area (Å²) in [7, 11) is 0. The molecule has 2 rings (SSSR count). The van der Waals surface area contributed by atoms with Crippen LogP contribution in [0.25, 0.3) is 0 Å². The maximum Gasteiger partial charge on any atom is 0.322 e. The predicted molar refractivity (Wildman–Crippen MR) is 94.0 cm³/mol. The van der Waals surface area contributed by atoms with Crippen LogP contribution in [0.2, 0.25) is 0 Å². The second-order valence-corrected chi connectivity index (χ2v) is 4.91. The monoisotopic (exact) mass is 414 g/mol. The smallest absolute Gasteiger partial charge is 0.322 e. The third kappa shape index (κ3) is 10.4. The van der Waals surface area contributed by atoms with Crippen molar-refractivity contribution in [2.24, 2.45) is 0 Å². The molecular formula is C18H18FeN2O6. The van der Waals surface area contributed by atoms with Gasteiger partial charge < -0.3 is 20.8 Å². The Morgan fingerprint density at radius 1 is 0.741 bits per heavy atom. The van der Waals surface area contributed by atoms with E-state index in [0.717, 1.165) is 0 Å². The molecule has 0 amide bonds. The summed E-state index contributed by atoms with van der Waals surface area (Å²) in [6.45, 7) is -0.372. The average Bonchev–Trinajstić information content (AvgIpc) is 2.58. The summed E-state index contributed by atoms with van der Waals surface area (Å²) >= 11 is 0. The zero-order valence-electron chi connectivity index (χ0n) is 14.1. The summed E-state index contributed by atoms with van der Waals surface area (Å²) in [5, 5.41) is 21.6. The van der Waals surface area contributed by atoms with Gasteiger partial charge in [0.05, 0.1) is 0 Å². The molecule has 2 aliphatic carbocycles. The number of ketones is 2. The first-order chi connectivity index (χ1) is 12.4. The Bertz CT molecular complexity index is 696. The Hall–Kier alpha value is -3.16. The molecule has 0 spiro atoms. The first-order valence-electron chi connectivity index (χ1n) is 7.49. The summed E-state index contributed by atoms with van der Waals surface area (Å²) < 4.78 is 0. The van der Waals surface area contributed by atoms with Gasteiger partial charge in [-0.05, 0) is 24.3 Å². The van der Waals surface area contributed by atoms with Crippen LogP contribution in [0, 0.1) is 0 Å². The molecule has 0 aromatic rings. The first kappa shape index (κ1) is 23.8. The fourth-order valence-corrected chi connectivity index (χ4v) is 1.70. The zero-order chi connectivity index (χ0) is 19.4. The summed E-state index contributed by atoms with van der Waals surface area (Å²) in [5.41, 5.74) is 0.924. The minimum Gasteiger partial charge on any atom is -0.480 e. The van der Waals surface area contributed by atoms with Crippen molar-refractivity contribution in [2.45, 2.75) is 0 Å². The fourth-order valence-electron chi connectivity index (χ4n) is 1.70. The van der Waals surface area contributed by atoms with E-state index in [0.29, 0.717) is 11.1 Å². The molecule has 0 atom stereocenters. The van der Waals surface area contributed by atoms with Gasteiger partial charge in [0.15, 0.2) is 11.6 Å². The third-order valence-corrected chi connectivity index (χ3v) is 2.86. The molecule has 8 nitrogen and oxygen atoms in total. The van der Waals surface area contributed by atoms with E-state index in [4.69, 9.17) is 10.2 Å². The van der Waals surface area contributed by atoms with Crippen molar-refractivity contribution < 1.29 is 46.5 Å². The SMILES string of the molecule is O=C(O)CN/C=C1/C=CC=CC1=O.O=C(O)CN/C=C1/C=CC=CC1=O.[Fe]. The standard InChI is InChI=1S/2C9H9NO3.Fe/c2*11-8-4-2-1-3-7(8)5-10-6-9(12)13;/h2*1-5,10H,6H2,(H,12,13);/b2*7-5-;. The van der Waals surface area contributed by atoms with E-state index < -0.39 is 11.9 Å². The average molecular weight is 414 g/mol. The van der Waals surface area contributed by atoms with E-state index in [-0.39, 0.29) is 41.7 Å². The molecule has 9 heteroatoms. The molecule has 0 unspecified atom stereocenters. The quantitative estimate of drug-likeness (QED) is 0.365. The minimum absolute atomic E-state index is 0. The van der Waals surface area contributed by atoms with Crippen LogP contribution in [0.3, 0.4) is 0 Å². The Labute approximate surface area is 166 Å². The number of rotatable bonds is 6. The van der Waals surface area contributed by atoms with E-state index in [2.05, 4.69) is 10.6 Å². The normalized spacial score (nSPS) is 17.2. The molecule has 2 aliphatic rings. The van der Waals surface area contributed by atoms with E-state index in [1.54, 1.807) is 36.5 Å². The van der Waals surface area contributed by atoms with Gasteiger partial charge in [0.2, 0.25) is 0 Å². The molecular weight excluding hydrogens is 396 g/mol. The van der Waals surface area contributed by atoms with Crippen molar-refractivity contribution in [3.63, 3.8) is 0 Å². The van der Waals surface area contributed by atoms with Gasteiger partial charge in [-0.2, -0.15) is 0 Å². The van der Waals surface area contributed by atoms with Gasteiger partial charge in [0.25, 0.3) is 0 Å². The van der Waals surface area contributed by atoms with Crippen molar-refractivity contribution in [3.05, 3.63) is 72.2 Å². The number of carbonyl (C=O) groups excluding carboxylic acids is 2. The number of aliphatic carboxylic acids is 2. The van der Waals surface area contributed by atoms with Gasteiger partial charge in [-0.3, -0.25) is 19.2 Å². The minimum atomic E-state index is -0.959. The van der Waals surface area contributed by atoms with Crippen LogP contribution in [0.15, 0.2) is 72.2 Å². The van der Waals surface area contributed by atoms with Crippen molar-refractivity contribution >= 4 is 23.5 Å². The number of nitrogens with one attached hydrogen (secondary N) is 2. The molecule has 0 fully saturated rings. The number of hydrogen-bond acceptors (Lipinski definition) is 6. The number of carboxylic acids is 2. The summed E-state index contributed by atoms with van der Waals surface area (Å²) in [5.74, 6) is -2.17. The molecule has 0 heterocycles. The van der Waals surface area contributed by atoms with Crippen LogP contribution >= 0.6 is 0 Å². The van der Waals surface area contributed by atoms with Gasteiger partial charge in [-0.15, -0.1) is 0 Å². The largest absolute Gasteiger partial charge is 0.480 e. The van der Waals surface area contributed by atoms with E-state index in [9.17, 15) is 19.2 Å². The Morgan fingerprint density at radius 3 is 1.37 bits per heavy atom. The fraction of sp³-hybridized carbons (Fsp3) is 0.111. The van der Waals surface area contributed by atoms with E-state index in [1.165, 1.54) is 24.6 Å². The molecule has 4 N–H and O–H groups in total. The Morgan fingerprint density at radius 2 is 1.07 bits per heavy atom. The number of carbonyl (C=O) groups is 4. The van der Waals surface area contributed by atoms with Crippen molar-refractivity contribution in [2.75, 3.05) is 13.1 Å². The van der Waals surface area contributed by atoms with Crippen LogP contribution in [-0.2, 0) is 36.2 Å². The predicted octanol–water partition coefficient (Wildman–Crippen LogP) is 0.477. The van der Waals surface area contributed by atoms with Crippen LogP contribution in [0.1, 0.15) is 0 Å². The van der Waals surface area contributed by atoms with Crippen LogP contribution in [0.4, 0.5) is 0 Å². The number of carboxylic acid groups (broad SMARTS) is 2. The number of allylic oxidation sites excluding steroid dienone is 10. The molecule has 27 heavy (non-hydrogen) atoms. The van der Waals surface area contributed by atoms with Gasteiger partial charge >= 0.3 is 11.9 Å². The summed E-state index contributed by atoms with van der Waals surface area (Å²) in [6.07, 6.45) is 15.6. The molecule has 0 aromatic heterocycles. The topological polar surface area (TPSA) is 133 Å². The van der Waals surface area contributed by atoms with Crippen LogP contribution in [-0.4, -0.2) is 46.8 Å². The van der Waals surface area contributed by atoms with Crippen molar-refractivity contribution in [1.29, 1.82) is 0 Å². The van der Waals surface area contributed by atoms with Gasteiger partial charge in [-0.25, -0.2) is 0 Å². The summed E-state index contributed by atoms with van der Waals surface area (Å²) in [6, 6.07) is 0. The maximum atomic E-state index is 11.1. The van der Waals surface area contributed by atoms with Gasteiger partial charge in [0.1, 0.15) is 13.1 Å². The van der Waals surface area contributed by atoms with Crippen LogP contribution in [0.5, 0.6) is 0 Å². The number of hydrogen-bond donors (Lipinski definition) is 4. The molecule has 0 saturated carbocycles. The molecule has 0 radical (unpaired) electrons. The third-order valence-electron chi connectivity index (χ3n) is 2.86. The Kier molecular flexibility index (Phi) is 11.6. The van der Waals surface area contributed by atoms with E-state index >= 15 is 0 Å². The molecule has 0 aromatic carbocycles. The van der Waals surface area contributed by atoms with Crippen LogP contribution < -0.4 is 10.6 Å². The second-order valence-electron chi connectivity index (χ2n) is 4.91. The molecule has 0 saturated heterocycles. The molecule has 0 aliphatic heterocycles.